The van der Waals surface area contributed by atoms with E-state index in [1.807, 2.05) is 0 Å². The summed E-state index contributed by atoms with van der Waals surface area (Å²) in [5.74, 6) is -0.744. The highest BCUT2D eigenvalue weighted by Gasteiger charge is 2.40. The Kier molecular flexibility index (Phi) is 3.31. The molecule has 1 N–H and O–H groups in total. The SMILES string of the molecule is Cc1cc(F)c(C2CNCC3(CCCC3)O2)cc1F. The second kappa shape index (κ2) is 4.84. The molecule has 1 aliphatic heterocycles. The summed E-state index contributed by atoms with van der Waals surface area (Å²) in [5, 5.41) is 3.31. The number of ether oxygens (including phenoxy) is 1. The van der Waals surface area contributed by atoms with Crippen LogP contribution in [0.1, 0.15) is 42.9 Å². The Hall–Kier alpha value is -1.00. The number of hydrogen-bond donors (Lipinski definition) is 1. The highest BCUT2D eigenvalue weighted by atomic mass is 19.1. The number of halogens is 2. The quantitative estimate of drug-likeness (QED) is 0.843. The first-order valence-electron chi connectivity index (χ1n) is 6.94. The summed E-state index contributed by atoms with van der Waals surface area (Å²) in [4.78, 5) is 0. The lowest BCUT2D eigenvalue weighted by atomic mass is 9.97. The standard InChI is InChI=1S/C15H19F2NO/c1-10-6-13(17)11(7-12(10)16)14-8-18-9-15(19-14)4-2-3-5-15/h6-7,14,18H,2-5,8-9H2,1H3. The van der Waals surface area contributed by atoms with Crippen molar-refractivity contribution < 1.29 is 13.5 Å². The molecule has 1 saturated carbocycles. The lowest BCUT2D eigenvalue weighted by molar-refractivity contribution is -0.115. The highest BCUT2D eigenvalue weighted by Crippen LogP contribution is 2.39. The molecule has 104 valence electrons. The van der Waals surface area contributed by atoms with Gasteiger partial charge < -0.3 is 10.1 Å². The first kappa shape index (κ1) is 13.0. The number of rotatable bonds is 1. The van der Waals surface area contributed by atoms with Gasteiger partial charge in [0.15, 0.2) is 0 Å². The summed E-state index contributed by atoms with van der Waals surface area (Å²) < 4.78 is 33.8. The molecule has 3 rings (SSSR count). The zero-order valence-corrected chi connectivity index (χ0v) is 11.1. The number of hydrogen-bond acceptors (Lipinski definition) is 2. The van der Waals surface area contributed by atoms with E-state index >= 15 is 0 Å². The van der Waals surface area contributed by atoms with Crippen LogP contribution in [0, 0.1) is 18.6 Å². The first-order chi connectivity index (χ1) is 9.10. The molecular formula is C15H19F2NO. The molecule has 1 heterocycles. The fourth-order valence-electron chi connectivity index (χ4n) is 3.21. The van der Waals surface area contributed by atoms with Crippen LogP contribution in [0.25, 0.3) is 0 Å². The summed E-state index contributed by atoms with van der Waals surface area (Å²) >= 11 is 0. The van der Waals surface area contributed by atoms with E-state index in [9.17, 15) is 8.78 Å². The number of aryl methyl sites for hydroxylation is 1. The van der Waals surface area contributed by atoms with E-state index in [-0.39, 0.29) is 23.3 Å². The van der Waals surface area contributed by atoms with E-state index in [0.717, 1.165) is 32.2 Å². The average Bonchev–Trinajstić information content (AvgIpc) is 2.82. The van der Waals surface area contributed by atoms with Gasteiger partial charge in [-0.1, -0.05) is 12.8 Å². The molecular weight excluding hydrogens is 248 g/mol. The van der Waals surface area contributed by atoms with Gasteiger partial charge in [-0.25, -0.2) is 8.78 Å². The van der Waals surface area contributed by atoms with E-state index in [1.165, 1.54) is 12.1 Å². The maximum Gasteiger partial charge on any atom is 0.129 e. The first-order valence-corrected chi connectivity index (χ1v) is 6.94. The Morgan fingerprint density at radius 1 is 1.21 bits per heavy atom. The Balaban J connectivity index is 1.87. The maximum absolute atomic E-state index is 14.0. The molecule has 0 radical (unpaired) electrons. The van der Waals surface area contributed by atoms with Gasteiger partial charge in [0.1, 0.15) is 11.6 Å². The molecule has 1 aromatic carbocycles. The van der Waals surface area contributed by atoms with E-state index < -0.39 is 0 Å². The molecule has 0 bridgehead atoms. The van der Waals surface area contributed by atoms with Crippen LogP contribution in [0.4, 0.5) is 8.78 Å². The van der Waals surface area contributed by atoms with Crippen molar-refractivity contribution >= 4 is 0 Å². The summed E-state index contributed by atoms with van der Waals surface area (Å²) in [6.45, 7) is 2.93. The fourth-order valence-corrected chi connectivity index (χ4v) is 3.21. The van der Waals surface area contributed by atoms with Crippen molar-refractivity contribution in [2.24, 2.45) is 0 Å². The van der Waals surface area contributed by atoms with Crippen molar-refractivity contribution in [2.45, 2.75) is 44.3 Å². The largest absolute Gasteiger partial charge is 0.364 e. The van der Waals surface area contributed by atoms with Gasteiger partial charge in [0.2, 0.25) is 0 Å². The minimum absolute atomic E-state index is 0.170. The second-order valence-electron chi connectivity index (χ2n) is 5.75. The molecule has 1 saturated heterocycles. The van der Waals surface area contributed by atoms with E-state index in [0.29, 0.717) is 17.7 Å². The normalized spacial score (nSPS) is 25.9. The Morgan fingerprint density at radius 2 is 1.95 bits per heavy atom. The zero-order valence-electron chi connectivity index (χ0n) is 11.1. The average molecular weight is 267 g/mol. The van der Waals surface area contributed by atoms with Crippen molar-refractivity contribution in [3.05, 3.63) is 34.9 Å². The molecule has 2 fully saturated rings. The lowest BCUT2D eigenvalue weighted by Gasteiger charge is -2.39. The van der Waals surface area contributed by atoms with Crippen LogP contribution in [0.15, 0.2) is 12.1 Å². The molecule has 19 heavy (non-hydrogen) atoms. The molecule has 1 atom stereocenters. The molecule has 0 amide bonds. The molecule has 1 aromatic rings. The van der Waals surface area contributed by atoms with Gasteiger partial charge in [0.05, 0.1) is 11.7 Å². The van der Waals surface area contributed by atoms with Gasteiger partial charge in [0.25, 0.3) is 0 Å². The highest BCUT2D eigenvalue weighted by molar-refractivity contribution is 5.27. The van der Waals surface area contributed by atoms with Crippen molar-refractivity contribution in [3.63, 3.8) is 0 Å². The molecule has 1 spiro atoms. The second-order valence-corrected chi connectivity index (χ2v) is 5.75. The van der Waals surface area contributed by atoms with Crippen LogP contribution < -0.4 is 5.32 Å². The maximum atomic E-state index is 14.0. The molecule has 0 aromatic heterocycles. The van der Waals surface area contributed by atoms with Crippen LogP contribution in [-0.4, -0.2) is 18.7 Å². The molecule has 2 nitrogen and oxygen atoms in total. The van der Waals surface area contributed by atoms with Gasteiger partial charge in [-0.15, -0.1) is 0 Å². The third-order valence-corrected chi connectivity index (χ3v) is 4.31. The molecule has 4 heteroatoms. The predicted molar refractivity (Wildman–Crippen MR) is 69.0 cm³/mol. The van der Waals surface area contributed by atoms with E-state index in [1.54, 1.807) is 6.92 Å². The van der Waals surface area contributed by atoms with Gasteiger partial charge in [-0.3, -0.25) is 0 Å². The number of benzene rings is 1. The van der Waals surface area contributed by atoms with Crippen LogP contribution in [0.2, 0.25) is 0 Å². The summed E-state index contributed by atoms with van der Waals surface area (Å²) in [7, 11) is 0. The minimum Gasteiger partial charge on any atom is -0.364 e. The van der Waals surface area contributed by atoms with Crippen molar-refractivity contribution in [3.8, 4) is 0 Å². The van der Waals surface area contributed by atoms with Crippen molar-refractivity contribution in [1.82, 2.24) is 5.32 Å². The van der Waals surface area contributed by atoms with Crippen molar-refractivity contribution in [2.75, 3.05) is 13.1 Å². The van der Waals surface area contributed by atoms with Gasteiger partial charge >= 0.3 is 0 Å². The molecule has 1 aliphatic carbocycles. The smallest absolute Gasteiger partial charge is 0.129 e. The summed E-state index contributed by atoms with van der Waals surface area (Å²) in [6.07, 6.45) is 3.93. The van der Waals surface area contributed by atoms with Crippen molar-refractivity contribution in [1.29, 1.82) is 0 Å². The Bertz CT molecular complexity index is 483. The van der Waals surface area contributed by atoms with Gasteiger partial charge in [-0.05, 0) is 37.5 Å². The van der Waals surface area contributed by atoms with Crippen LogP contribution in [0.3, 0.4) is 0 Å². The van der Waals surface area contributed by atoms with E-state index in [2.05, 4.69) is 5.32 Å². The summed E-state index contributed by atoms with van der Waals surface area (Å²) in [6, 6.07) is 2.54. The van der Waals surface area contributed by atoms with Crippen LogP contribution in [-0.2, 0) is 4.74 Å². The van der Waals surface area contributed by atoms with Crippen LogP contribution >= 0.6 is 0 Å². The molecule has 1 unspecified atom stereocenters. The molecule has 2 aliphatic rings. The lowest BCUT2D eigenvalue weighted by Crippen LogP contribution is -2.49. The van der Waals surface area contributed by atoms with Crippen LogP contribution in [0.5, 0.6) is 0 Å². The minimum atomic E-state index is -0.387. The van der Waals surface area contributed by atoms with Gasteiger partial charge in [0, 0.05) is 18.7 Å². The third-order valence-electron chi connectivity index (χ3n) is 4.31. The third kappa shape index (κ3) is 2.39. The topological polar surface area (TPSA) is 21.3 Å². The van der Waals surface area contributed by atoms with Gasteiger partial charge in [-0.2, -0.15) is 0 Å². The Morgan fingerprint density at radius 3 is 2.68 bits per heavy atom. The zero-order chi connectivity index (χ0) is 13.5. The number of nitrogens with one attached hydrogen (secondary N) is 1. The Labute approximate surface area is 112 Å². The predicted octanol–water partition coefficient (Wildman–Crippen LogP) is 3.25. The van der Waals surface area contributed by atoms with E-state index in [4.69, 9.17) is 4.74 Å². The summed E-state index contributed by atoms with van der Waals surface area (Å²) in [5.41, 5.74) is 0.499. The monoisotopic (exact) mass is 267 g/mol. The number of morpholine rings is 1. The fraction of sp³-hybridized carbons (Fsp3) is 0.600.